The van der Waals surface area contributed by atoms with Crippen LogP contribution in [0, 0.1) is 29.2 Å². The molecule has 0 amide bonds. The molecule has 0 unspecified atom stereocenters. The average Bonchev–Trinajstić information content (AvgIpc) is 2.78. The summed E-state index contributed by atoms with van der Waals surface area (Å²) in [6.07, 6.45) is -0.850. The minimum Gasteiger partial charge on any atom is -0.480 e. The average molecular weight is 498 g/mol. The summed E-state index contributed by atoms with van der Waals surface area (Å²) >= 11 is 0. The molecule has 0 fully saturated rings. The Balaban J connectivity index is 2.07. The Kier molecular flexibility index (Phi) is 9.79. The zero-order chi connectivity index (χ0) is 26.2. The monoisotopic (exact) mass is 498 g/mol. The second kappa shape index (κ2) is 12.3. The van der Waals surface area contributed by atoms with Crippen molar-refractivity contribution in [2.75, 3.05) is 6.61 Å². The van der Waals surface area contributed by atoms with Crippen molar-refractivity contribution in [1.29, 1.82) is 0 Å². The van der Waals surface area contributed by atoms with Crippen LogP contribution in [0.2, 0.25) is 0 Å². The Morgan fingerprint density at radius 1 is 0.914 bits per heavy atom. The third-order valence-electron chi connectivity index (χ3n) is 4.66. The third kappa shape index (κ3) is 9.03. The van der Waals surface area contributed by atoms with Crippen LogP contribution >= 0.6 is 0 Å². The number of ketones is 1. The molecular formula is C25H26F4O6. The SMILES string of the molecule is CC(C)(C)OC(=O)CC[C@@H](CC(=O)OCc1ccccc1)C(=O)COc1c(F)c(F)cc(F)c1F. The molecular weight excluding hydrogens is 472 g/mol. The van der Waals surface area contributed by atoms with E-state index in [2.05, 4.69) is 0 Å². The molecule has 0 aliphatic rings. The quantitative estimate of drug-likeness (QED) is 0.245. The van der Waals surface area contributed by atoms with Crippen LogP contribution < -0.4 is 4.74 Å². The standard InChI is InChI=1S/C25H26F4O6/c1-25(2,3)35-20(31)10-9-16(11-21(32)33-13-15-7-5-4-6-8-15)19(30)14-34-24-22(28)17(26)12-18(27)23(24)29/h4-8,12,16H,9-11,13-14H2,1-3H3/t16-/m0/s1. The van der Waals surface area contributed by atoms with Crippen molar-refractivity contribution in [3.05, 3.63) is 65.2 Å². The van der Waals surface area contributed by atoms with Crippen LogP contribution in [0.15, 0.2) is 36.4 Å². The minimum atomic E-state index is -1.80. The van der Waals surface area contributed by atoms with Gasteiger partial charge in [-0.3, -0.25) is 14.4 Å². The normalized spacial score (nSPS) is 12.1. The molecule has 0 N–H and O–H groups in total. The minimum absolute atomic E-state index is 0.00568. The maximum Gasteiger partial charge on any atom is 0.306 e. The lowest BCUT2D eigenvalue weighted by Gasteiger charge is -2.21. The van der Waals surface area contributed by atoms with Crippen molar-refractivity contribution in [3.63, 3.8) is 0 Å². The number of esters is 2. The van der Waals surface area contributed by atoms with Gasteiger partial charge in [-0.15, -0.1) is 0 Å². The van der Waals surface area contributed by atoms with Gasteiger partial charge in [-0.2, -0.15) is 8.78 Å². The van der Waals surface area contributed by atoms with E-state index in [9.17, 15) is 31.9 Å². The summed E-state index contributed by atoms with van der Waals surface area (Å²) in [5, 5.41) is 0. The molecule has 0 heterocycles. The lowest BCUT2D eigenvalue weighted by molar-refractivity contribution is -0.156. The van der Waals surface area contributed by atoms with Gasteiger partial charge in [-0.05, 0) is 32.8 Å². The highest BCUT2D eigenvalue weighted by Crippen LogP contribution is 2.27. The summed E-state index contributed by atoms with van der Waals surface area (Å²) in [6, 6.07) is 8.75. The summed E-state index contributed by atoms with van der Waals surface area (Å²) in [5.41, 5.74) is -0.0648. The molecule has 2 aromatic carbocycles. The van der Waals surface area contributed by atoms with E-state index in [1.54, 1.807) is 51.1 Å². The first kappa shape index (κ1) is 27.8. The molecule has 0 saturated heterocycles. The fourth-order valence-electron chi connectivity index (χ4n) is 3.00. The molecule has 6 nitrogen and oxygen atoms in total. The molecule has 1 atom stereocenters. The first-order valence-corrected chi connectivity index (χ1v) is 10.8. The number of hydrogen-bond acceptors (Lipinski definition) is 6. The third-order valence-corrected chi connectivity index (χ3v) is 4.66. The molecule has 35 heavy (non-hydrogen) atoms. The summed E-state index contributed by atoms with van der Waals surface area (Å²) in [6.45, 7) is 3.92. The van der Waals surface area contributed by atoms with Gasteiger partial charge in [-0.25, -0.2) is 8.78 Å². The highest BCUT2D eigenvalue weighted by molar-refractivity contribution is 5.87. The molecule has 0 bridgehead atoms. The summed E-state index contributed by atoms with van der Waals surface area (Å²) in [7, 11) is 0. The van der Waals surface area contributed by atoms with Crippen LogP contribution in [0.5, 0.6) is 5.75 Å². The Morgan fingerprint density at radius 2 is 1.51 bits per heavy atom. The fourth-order valence-corrected chi connectivity index (χ4v) is 3.00. The van der Waals surface area contributed by atoms with E-state index < -0.39 is 71.3 Å². The van der Waals surface area contributed by atoms with E-state index in [0.29, 0.717) is 5.56 Å². The van der Waals surface area contributed by atoms with Gasteiger partial charge in [0.2, 0.25) is 11.6 Å². The van der Waals surface area contributed by atoms with Crippen molar-refractivity contribution in [2.24, 2.45) is 5.92 Å². The van der Waals surface area contributed by atoms with Gasteiger partial charge >= 0.3 is 11.9 Å². The second-order valence-electron chi connectivity index (χ2n) is 8.72. The summed E-state index contributed by atoms with van der Waals surface area (Å²) < 4.78 is 69.5. The van der Waals surface area contributed by atoms with E-state index in [1.807, 2.05) is 0 Å². The van der Waals surface area contributed by atoms with Crippen LogP contribution in [0.3, 0.4) is 0 Å². The van der Waals surface area contributed by atoms with E-state index in [0.717, 1.165) is 0 Å². The fraction of sp³-hybridized carbons (Fsp3) is 0.400. The second-order valence-corrected chi connectivity index (χ2v) is 8.72. The largest absolute Gasteiger partial charge is 0.480 e. The number of carbonyl (C=O) groups excluding carboxylic acids is 3. The van der Waals surface area contributed by atoms with Crippen molar-refractivity contribution in [2.45, 2.75) is 52.2 Å². The van der Waals surface area contributed by atoms with Gasteiger partial charge in [-0.1, -0.05) is 30.3 Å². The molecule has 0 saturated carbocycles. The Morgan fingerprint density at radius 3 is 2.09 bits per heavy atom. The molecule has 2 aromatic rings. The van der Waals surface area contributed by atoms with Gasteiger partial charge in [0, 0.05) is 18.4 Å². The molecule has 0 aliphatic carbocycles. The van der Waals surface area contributed by atoms with Gasteiger partial charge < -0.3 is 14.2 Å². The van der Waals surface area contributed by atoms with Crippen LogP contribution in [-0.2, 0) is 30.5 Å². The van der Waals surface area contributed by atoms with Gasteiger partial charge in [0.05, 0.1) is 6.42 Å². The highest BCUT2D eigenvalue weighted by atomic mass is 19.2. The number of carbonyl (C=O) groups is 3. The topological polar surface area (TPSA) is 78.9 Å². The van der Waals surface area contributed by atoms with Crippen LogP contribution in [0.4, 0.5) is 17.6 Å². The van der Waals surface area contributed by atoms with E-state index >= 15 is 0 Å². The predicted octanol–water partition coefficient (Wildman–Crippen LogP) is 5.06. The highest BCUT2D eigenvalue weighted by Gasteiger charge is 2.27. The Labute approximate surface area is 200 Å². The summed E-state index contributed by atoms with van der Waals surface area (Å²) in [5.74, 6) is -11.7. The van der Waals surface area contributed by atoms with Crippen LogP contribution in [0.25, 0.3) is 0 Å². The van der Waals surface area contributed by atoms with E-state index in [4.69, 9.17) is 14.2 Å². The molecule has 2 rings (SSSR count). The zero-order valence-electron chi connectivity index (χ0n) is 19.5. The van der Waals surface area contributed by atoms with E-state index in [1.165, 1.54) is 0 Å². The molecule has 0 aliphatic heterocycles. The number of halogens is 4. The number of benzene rings is 2. The molecule has 0 radical (unpaired) electrons. The van der Waals surface area contributed by atoms with Gasteiger partial charge in [0.15, 0.2) is 23.2 Å². The van der Waals surface area contributed by atoms with Crippen molar-refractivity contribution in [3.8, 4) is 5.75 Å². The Bertz CT molecular complexity index is 1020. The zero-order valence-corrected chi connectivity index (χ0v) is 19.5. The maximum atomic E-state index is 13.8. The van der Waals surface area contributed by atoms with Crippen LogP contribution in [0.1, 0.15) is 45.6 Å². The molecule has 0 spiro atoms. The summed E-state index contributed by atoms with van der Waals surface area (Å²) in [4.78, 5) is 37.1. The van der Waals surface area contributed by atoms with Crippen LogP contribution in [-0.4, -0.2) is 29.9 Å². The number of hydrogen-bond donors (Lipinski definition) is 0. The van der Waals surface area contributed by atoms with Gasteiger partial charge in [0.25, 0.3) is 0 Å². The molecule has 10 heteroatoms. The van der Waals surface area contributed by atoms with Gasteiger partial charge in [0.1, 0.15) is 18.8 Å². The Hall–Kier alpha value is -3.43. The molecule has 190 valence electrons. The molecule has 0 aromatic heterocycles. The van der Waals surface area contributed by atoms with Crippen molar-refractivity contribution in [1.82, 2.24) is 0 Å². The lowest BCUT2D eigenvalue weighted by atomic mass is 9.95. The van der Waals surface area contributed by atoms with Crippen molar-refractivity contribution >= 4 is 17.7 Å². The predicted molar refractivity (Wildman–Crippen MR) is 116 cm³/mol. The first-order valence-electron chi connectivity index (χ1n) is 10.8. The van der Waals surface area contributed by atoms with Crippen molar-refractivity contribution < 1.29 is 46.2 Å². The number of ether oxygens (including phenoxy) is 3. The number of rotatable bonds is 11. The lowest BCUT2D eigenvalue weighted by Crippen LogP contribution is -2.28. The first-order chi connectivity index (χ1) is 16.4. The smallest absolute Gasteiger partial charge is 0.306 e. The maximum absolute atomic E-state index is 13.8. The number of Topliss-reactive ketones (excluding diaryl/α,β-unsaturated/α-hetero) is 1. The van der Waals surface area contributed by atoms with E-state index in [-0.39, 0.29) is 25.5 Å².